The van der Waals surface area contributed by atoms with E-state index >= 15 is 0 Å². The molecule has 98 valence electrons. The van der Waals surface area contributed by atoms with Crippen molar-refractivity contribution in [2.45, 2.75) is 6.92 Å². The number of nitrogens with zero attached hydrogens (tertiary/aromatic N) is 4. The first kappa shape index (κ1) is 12.9. The van der Waals surface area contributed by atoms with Gasteiger partial charge in [-0.1, -0.05) is 46.1 Å². The monoisotopic (exact) mass is 334 g/mol. The summed E-state index contributed by atoms with van der Waals surface area (Å²) in [5, 5.41) is 23.2. The van der Waals surface area contributed by atoms with Gasteiger partial charge in [-0.15, -0.1) is 10.2 Å². The molecule has 0 bridgehead atoms. The highest BCUT2D eigenvalue weighted by atomic mass is 35.5. The second kappa shape index (κ2) is 4.49. The molecule has 0 aliphatic rings. The lowest BCUT2D eigenvalue weighted by molar-refractivity contribution is 0.477. The lowest BCUT2D eigenvalue weighted by atomic mass is 10.2. The van der Waals surface area contributed by atoms with Crippen molar-refractivity contribution < 1.29 is 5.11 Å². The number of fused-ring (bicyclic) bond motifs is 1. The molecule has 9 heteroatoms. The molecule has 1 aromatic carbocycles. The Labute approximate surface area is 126 Å². The fourth-order valence-corrected chi connectivity index (χ4v) is 3.29. The van der Waals surface area contributed by atoms with Crippen LogP contribution in [0.3, 0.4) is 0 Å². The van der Waals surface area contributed by atoms with Crippen LogP contribution in [0.25, 0.3) is 15.5 Å². The summed E-state index contributed by atoms with van der Waals surface area (Å²) in [7, 11) is 0. The summed E-state index contributed by atoms with van der Waals surface area (Å²) >= 11 is 19.2. The zero-order chi connectivity index (χ0) is 13.7. The Balaban J connectivity index is 2.31. The summed E-state index contributed by atoms with van der Waals surface area (Å²) in [6.07, 6.45) is 0. The molecule has 0 radical (unpaired) electrons. The zero-order valence-corrected chi connectivity index (χ0v) is 12.4. The van der Waals surface area contributed by atoms with Crippen molar-refractivity contribution in [1.29, 1.82) is 0 Å². The minimum atomic E-state index is -0.154. The third-order valence-electron chi connectivity index (χ3n) is 2.51. The Morgan fingerprint density at radius 3 is 2.63 bits per heavy atom. The summed E-state index contributed by atoms with van der Waals surface area (Å²) in [6, 6.07) is 1.38. The lowest BCUT2D eigenvalue weighted by Gasteiger charge is -2.07. The fourth-order valence-electron chi connectivity index (χ4n) is 1.60. The summed E-state index contributed by atoms with van der Waals surface area (Å²) in [5.74, 6) is 0.486. The number of rotatable bonds is 1. The number of phenols is 1. The average molecular weight is 336 g/mol. The van der Waals surface area contributed by atoms with Crippen LogP contribution in [0, 0.1) is 6.92 Å². The minimum Gasteiger partial charge on any atom is -0.506 e. The van der Waals surface area contributed by atoms with Crippen LogP contribution in [0.4, 0.5) is 0 Å². The van der Waals surface area contributed by atoms with E-state index in [1.807, 2.05) is 0 Å². The van der Waals surface area contributed by atoms with Gasteiger partial charge in [0.05, 0.1) is 20.6 Å². The first-order valence-electron chi connectivity index (χ1n) is 5.04. The number of aromatic nitrogens is 4. The third kappa shape index (κ3) is 1.95. The van der Waals surface area contributed by atoms with Gasteiger partial charge in [0.2, 0.25) is 4.96 Å². The van der Waals surface area contributed by atoms with Gasteiger partial charge in [-0.05, 0) is 13.0 Å². The van der Waals surface area contributed by atoms with E-state index < -0.39 is 0 Å². The molecule has 0 saturated carbocycles. The first-order chi connectivity index (χ1) is 8.99. The van der Waals surface area contributed by atoms with Crippen molar-refractivity contribution in [2.24, 2.45) is 0 Å². The van der Waals surface area contributed by atoms with Crippen molar-refractivity contribution >= 4 is 51.1 Å². The first-order valence-corrected chi connectivity index (χ1v) is 6.99. The van der Waals surface area contributed by atoms with Gasteiger partial charge >= 0.3 is 0 Å². The quantitative estimate of drug-likeness (QED) is 0.687. The van der Waals surface area contributed by atoms with Gasteiger partial charge in [0, 0.05) is 0 Å². The normalized spacial score (nSPS) is 11.4. The molecule has 3 aromatic rings. The van der Waals surface area contributed by atoms with E-state index in [0.29, 0.717) is 21.4 Å². The maximum atomic E-state index is 10.0. The Morgan fingerprint density at radius 1 is 1.21 bits per heavy atom. The molecule has 0 atom stereocenters. The van der Waals surface area contributed by atoms with Gasteiger partial charge < -0.3 is 5.11 Å². The van der Waals surface area contributed by atoms with Crippen LogP contribution in [-0.2, 0) is 0 Å². The molecule has 0 fully saturated rings. The minimum absolute atomic E-state index is 0.118. The summed E-state index contributed by atoms with van der Waals surface area (Å²) in [6.45, 7) is 1.77. The largest absolute Gasteiger partial charge is 0.506 e. The standard InChI is InChI=1S/C10H5Cl3N4OS/c1-3-14-15-10-17(3)16-9(19-10)6-7(13)4(11)2-5(12)8(6)18/h2,18H,1H3. The molecule has 0 aliphatic heterocycles. The van der Waals surface area contributed by atoms with Crippen molar-refractivity contribution in [3.63, 3.8) is 0 Å². The van der Waals surface area contributed by atoms with Crippen LogP contribution in [0.5, 0.6) is 5.75 Å². The van der Waals surface area contributed by atoms with Crippen molar-refractivity contribution in [1.82, 2.24) is 19.8 Å². The van der Waals surface area contributed by atoms with Gasteiger partial charge in [0.25, 0.3) is 0 Å². The molecule has 0 aliphatic carbocycles. The number of benzene rings is 1. The predicted molar refractivity (Wildman–Crippen MR) is 75.5 cm³/mol. The molecule has 0 saturated heterocycles. The summed E-state index contributed by atoms with van der Waals surface area (Å²) in [4.78, 5) is 0.596. The number of hydrogen-bond acceptors (Lipinski definition) is 5. The number of hydrogen-bond donors (Lipinski definition) is 1. The van der Waals surface area contributed by atoms with Crippen molar-refractivity contribution in [3.8, 4) is 16.3 Å². The fraction of sp³-hybridized carbons (Fsp3) is 0.100. The van der Waals surface area contributed by atoms with Crippen LogP contribution in [-0.4, -0.2) is 24.9 Å². The van der Waals surface area contributed by atoms with Crippen molar-refractivity contribution in [3.05, 3.63) is 27.0 Å². The molecule has 2 aromatic heterocycles. The Bertz CT molecular complexity index is 772. The van der Waals surface area contributed by atoms with E-state index in [1.165, 1.54) is 17.4 Å². The smallest absolute Gasteiger partial charge is 0.234 e. The van der Waals surface area contributed by atoms with Crippen LogP contribution in [0.1, 0.15) is 5.82 Å². The second-order valence-corrected chi connectivity index (χ2v) is 5.87. The highest BCUT2D eigenvalue weighted by molar-refractivity contribution is 7.20. The van der Waals surface area contributed by atoms with Gasteiger partial charge in [0.1, 0.15) is 5.75 Å². The van der Waals surface area contributed by atoms with E-state index in [9.17, 15) is 5.11 Å². The summed E-state index contributed by atoms with van der Waals surface area (Å²) < 4.78 is 1.56. The lowest BCUT2D eigenvalue weighted by Crippen LogP contribution is -1.90. The van der Waals surface area contributed by atoms with E-state index in [0.717, 1.165) is 0 Å². The maximum absolute atomic E-state index is 10.0. The van der Waals surface area contributed by atoms with E-state index in [-0.39, 0.29) is 20.8 Å². The van der Waals surface area contributed by atoms with Crippen LogP contribution >= 0.6 is 46.1 Å². The second-order valence-electron chi connectivity index (χ2n) is 3.73. The molecule has 0 spiro atoms. The van der Waals surface area contributed by atoms with Gasteiger partial charge in [0.15, 0.2) is 10.8 Å². The molecule has 2 heterocycles. The van der Waals surface area contributed by atoms with Crippen LogP contribution in [0.2, 0.25) is 15.1 Å². The number of phenolic OH excluding ortho intramolecular Hbond substituents is 1. The topological polar surface area (TPSA) is 63.3 Å². The molecular formula is C10H5Cl3N4OS. The molecule has 1 N–H and O–H groups in total. The molecule has 19 heavy (non-hydrogen) atoms. The van der Waals surface area contributed by atoms with Crippen LogP contribution in [0.15, 0.2) is 6.07 Å². The van der Waals surface area contributed by atoms with Gasteiger partial charge in [-0.25, -0.2) is 0 Å². The van der Waals surface area contributed by atoms with Crippen molar-refractivity contribution in [2.75, 3.05) is 0 Å². The Hall–Kier alpha value is -1.08. The molecular weight excluding hydrogens is 331 g/mol. The summed E-state index contributed by atoms with van der Waals surface area (Å²) in [5.41, 5.74) is 0.300. The molecule has 3 rings (SSSR count). The number of aryl methyl sites for hydroxylation is 1. The highest BCUT2D eigenvalue weighted by Crippen LogP contribution is 2.45. The van der Waals surface area contributed by atoms with E-state index in [4.69, 9.17) is 34.8 Å². The predicted octanol–water partition coefficient (Wildman–Crippen LogP) is 3.83. The van der Waals surface area contributed by atoms with Gasteiger partial charge in [-0.2, -0.15) is 9.61 Å². The number of halogens is 3. The molecule has 0 amide bonds. The van der Waals surface area contributed by atoms with Gasteiger partial charge in [-0.3, -0.25) is 0 Å². The molecule has 0 unspecified atom stereocenters. The third-order valence-corrected chi connectivity index (χ3v) is 4.50. The zero-order valence-electron chi connectivity index (χ0n) is 9.36. The highest BCUT2D eigenvalue weighted by Gasteiger charge is 2.21. The Kier molecular flexibility index (Phi) is 3.05. The number of aromatic hydroxyl groups is 1. The molecule has 5 nitrogen and oxygen atoms in total. The van der Waals surface area contributed by atoms with E-state index in [1.54, 1.807) is 11.4 Å². The average Bonchev–Trinajstić information content (AvgIpc) is 2.90. The van der Waals surface area contributed by atoms with Crippen LogP contribution < -0.4 is 0 Å². The SMILES string of the molecule is Cc1nnc2sc(-c3c(O)c(Cl)cc(Cl)c3Cl)nn12. The Morgan fingerprint density at radius 2 is 1.95 bits per heavy atom. The van der Waals surface area contributed by atoms with E-state index in [2.05, 4.69) is 15.3 Å². The maximum Gasteiger partial charge on any atom is 0.234 e.